The molecule has 0 amide bonds. The zero-order valence-corrected chi connectivity index (χ0v) is 19.3. The van der Waals surface area contributed by atoms with Crippen LogP contribution in [-0.2, 0) is 31.0 Å². The van der Waals surface area contributed by atoms with Crippen molar-refractivity contribution < 1.29 is 4.74 Å². The number of nitrogens with zero attached hydrogens (tertiary/aromatic N) is 4. The molecule has 3 heterocycles. The summed E-state index contributed by atoms with van der Waals surface area (Å²) in [6.07, 6.45) is 6.75. The van der Waals surface area contributed by atoms with Crippen molar-refractivity contribution in [1.82, 2.24) is 19.2 Å². The highest BCUT2D eigenvalue weighted by Crippen LogP contribution is 2.32. The van der Waals surface area contributed by atoms with E-state index in [2.05, 4.69) is 42.0 Å². The van der Waals surface area contributed by atoms with Crippen LogP contribution in [0.4, 0.5) is 0 Å². The molecule has 1 atom stereocenters. The first-order valence-electron chi connectivity index (χ1n) is 12.1. The first-order valence-corrected chi connectivity index (χ1v) is 12.1. The zero-order chi connectivity index (χ0) is 22.3. The van der Waals surface area contributed by atoms with Gasteiger partial charge in [0.1, 0.15) is 12.2 Å². The maximum atomic E-state index is 13.0. The molecule has 0 bridgehead atoms. The van der Waals surface area contributed by atoms with Crippen LogP contribution in [0.15, 0.2) is 27.8 Å². The van der Waals surface area contributed by atoms with Gasteiger partial charge in [-0.15, -0.1) is 0 Å². The number of ether oxygens (including phenoxy) is 1. The summed E-state index contributed by atoms with van der Waals surface area (Å²) in [5.41, 5.74) is 2.51. The predicted octanol–water partition coefficient (Wildman–Crippen LogP) is 2.78. The van der Waals surface area contributed by atoms with Gasteiger partial charge in [-0.3, -0.25) is 19.1 Å². The van der Waals surface area contributed by atoms with Crippen molar-refractivity contribution in [1.29, 1.82) is 0 Å². The van der Waals surface area contributed by atoms with E-state index in [9.17, 15) is 9.59 Å². The van der Waals surface area contributed by atoms with Gasteiger partial charge in [0.25, 0.3) is 0 Å². The van der Waals surface area contributed by atoms with Gasteiger partial charge in [-0.25, -0.2) is 4.68 Å². The molecule has 1 aromatic heterocycles. The Morgan fingerprint density at radius 2 is 1.78 bits per heavy atom. The van der Waals surface area contributed by atoms with E-state index in [4.69, 9.17) is 4.74 Å². The monoisotopic (exact) mass is 438 g/mol. The van der Waals surface area contributed by atoms with Gasteiger partial charge in [0.2, 0.25) is 0 Å². The molecular formula is C25H34N4O3. The molecule has 172 valence electrons. The highest BCUT2D eigenvalue weighted by atomic mass is 16.5. The molecule has 2 aliphatic heterocycles. The summed E-state index contributed by atoms with van der Waals surface area (Å²) in [4.78, 5) is 28.2. The Bertz CT molecular complexity index is 1090. The average molecular weight is 439 g/mol. The van der Waals surface area contributed by atoms with Crippen LogP contribution in [0.5, 0.6) is 0 Å². The number of rotatable bonds is 4. The van der Waals surface area contributed by atoms with Crippen molar-refractivity contribution in [3.05, 3.63) is 61.4 Å². The number of fused-ring (bicyclic) bond motifs is 1. The van der Waals surface area contributed by atoms with Crippen molar-refractivity contribution in [2.75, 3.05) is 13.1 Å². The lowest BCUT2D eigenvalue weighted by molar-refractivity contribution is -0.0860. The minimum atomic E-state index is -0.485. The maximum absolute atomic E-state index is 13.0. The molecular weight excluding hydrogens is 404 g/mol. The lowest BCUT2D eigenvalue weighted by atomic mass is 9.89. The molecule has 1 spiro atoms. The van der Waals surface area contributed by atoms with Crippen molar-refractivity contribution in [3.63, 3.8) is 0 Å². The van der Waals surface area contributed by atoms with Crippen molar-refractivity contribution in [2.24, 2.45) is 5.92 Å². The number of aromatic nitrogens is 3. The maximum Gasteiger partial charge on any atom is 0.332 e. The average Bonchev–Trinajstić information content (AvgIpc) is 3.14. The number of aryl methyl sites for hydroxylation is 2. The third-order valence-electron chi connectivity index (χ3n) is 7.40. The number of benzene rings is 1. The Labute approximate surface area is 189 Å². The second kappa shape index (κ2) is 8.60. The van der Waals surface area contributed by atoms with Crippen LogP contribution in [0.25, 0.3) is 0 Å². The Kier molecular flexibility index (Phi) is 5.80. The summed E-state index contributed by atoms with van der Waals surface area (Å²) in [6, 6.07) is 6.66. The minimum Gasteiger partial charge on any atom is -0.364 e. The topological polar surface area (TPSA) is 69.4 Å². The molecule has 0 N–H and O–H groups in total. The van der Waals surface area contributed by atoms with Crippen LogP contribution < -0.4 is 11.1 Å². The molecule has 1 saturated heterocycles. The van der Waals surface area contributed by atoms with Crippen LogP contribution in [0.2, 0.25) is 0 Å². The summed E-state index contributed by atoms with van der Waals surface area (Å²) < 4.78 is 9.32. The molecule has 7 heteroatoms. The lowest BCUT2D eigenvalue weighted by Crippen LogP contribution is -2.53. The quantitative estimate of drug-likeness (QED) is 0.687. The van der Waals surface area contributed by atoms with Gasteiger partial charge < -0.3 is 4.74 Å². The third kappa shape index (κ3) is 4.33. The number of likely N-dealkylation sites (tertiary alicyclic amines) is 1. The second-order valence-corrected chi connectivity index (χ2v) is 10.2. The Balaban J connectivity index is 1.31. The Hall–Kier alpha value is -2.25. The van der Waals surface area contributed by atoms with Crippen LogP contribution in [0.3, 0.4) is 0 Å². The number of hydrogen-bond acceptors (Lipinski definition) is 5. The van der Waals surface area contributed by atoms with Gasteiger partial charge in [-0.05, 0) is 44.6 Å². The number of hydrogen-bond donors (Lipinski definition) is 0. The summed E-state index contributed by atoms with van der Waals surface area (Å²) in [7, 11) is 0. The van der Waals surface area contributed by atoms with Crippen LogP contribution >= 0.6 is 0 Å². The summed E-state index contributed by atoms with van der Waals surface area (Å²) in [5, 5.41) is 4.56. The van der Waals surface area contributed by atoms with E-state index in [1.807, 2.05) is 0 Å². The summed E-state index contributed by atoms with van der Waals surface area (Å²) in [5.74, 6) is 1.03. The normalized spacial score (nSPS) is 24.2. The lowest BCUT2D eigenvalue weighted by Gasteiger charge is -2.35. The van der Waals surface area contributed by atoms with E-state index in [-0.39, 0.29) is 6.61 Å². The molecule has 0 radical (unpaired) electrons. The van der Waals surface area contributed by atoms with Gasteiger partial charge in [-0.1, -0.05) is 48.6 Å². The minimum absolute atomic E-state index is 0.289. The largest absolute Gasteiger partial charge is 0.364 e. The molecule has 1 saturated carbocycles. The first-order chi connectivity index (χ1) is 15.4. The van der Waals surface area contributed by atoms with Crippen LogP contribution in [0.1, 0.15) is 61.0 Å². The molecule has 5 rings (SSSR count). The van der Waals surface area contributed by atoms with Gasteiger partial charge in [0.15, 0.2) is 5.82 Å². The molecule has 2 fully saturated rings. The van der Waals surface area contributed by atoms with Crippen molar-refractivity contribution in [2.45, 2.75) is 84.2 Å². The first kappa shape index (κ1) is 21.6. The molecule has 7 nitrogen and oxygen atoms in total. The standard InChI is InChI=1S/C25H34N4O3/c1-18-10-19(2)12-21(11-18)13-27-9-8-25(16-27)17-28-22(15-32-25)26-29(24(31)23(28)30)14-20-6-4-3-5-7-20/h10-12,20H,3-9,13-17H2,1-2H3/t25-/m1/s1. The van der Waals surface area contributed by atoms with E-state index in [0.29, 0.717) is 24.8 Å². The Morgan fingerprint density at radius 1 is 1.03 bits per heavy atom. The molecule has 32 heavy (non-hydrogen) atoms. The van der Waals surface area contributed by atoms with E-state index in [1.165, 1.54) is 40.6 Å². The van der Waals surface area contributed by atoms with E-state index in [0.717, 1.165) is 38.9 Å². The van der Waals surface area contributed by atoms with Crippen molar-refractivity contribution in [3.8, 4) is 0 Å². The molecule has 3 aliphatic rings. The van der Waals surface area contributed by atoms with Gasteiger partial charge in [0, 0.05) is 26.2 Å². The predicted molar refractivity (Wildman–Crippen MR) is 123 cm³/mol. The Morgan fingerprint density at radius 3 is 2.53 bits per heavy atom. The van der Waals surface area contributed by atoms with Crippen LogP contribution in [-0.4, -0.2) is 37.9 Å². The zero-order valence-electron chi connectivity index (χ0n) is 19.3. The summed E-state index contributed by atoms with van der Waals surface area (Å²) >= 11 is 0. The highest BCUT2D eigenvalue weighted by molar-refractivity contribution is 5.28. The molecule has 1 aromatic carbocycles. The van der Waals surface area contributed by atoms with E-state index in [1.54, 1.807) is 4.57 Å². The summed E-state index contributed by atoms with van der Waals surface area (Å²) in [6.45, 7) is 8.06. The van der Waals surface area contributed by atoms with E-state index < -0.39 is 16.7 Å². The van der Waals surface area contributed by atoms with Crippen LogP contribution in [0, 0.1) is 19.8 Å². The van der Waals surface area contributed by atoms with Crippen molar-refractivity contribution >= 4 is 0 Å². The fourth-order valence-corrected chi connectivity index (χ4v) is 5.87. The third-order valence-corrected chi connectivity index (χ3v) is 7.40. The van der Waals surface area contributed by atoms with Gasteiger partial charge >= 0.3 is 11.1 Å². The van der Waals surface area contributed by atoms with E-state index >= 15 is 0 Å². The molecule has 1 aliphatic carbocycles. The molecule has 2 aromatic rings. The highest BCUT2D eigenvalue weighted by Gasteiger charge is 2.43. The SMILES string of the molecule is Cc1cc(C)cc(CN2CC[C@@]3(C2)Cn2c(nn(CC4CCCCC4)c(=O)c2=O)CO3)c1. The fourth-order valence-electron chi connectivity index (χ4n) is 5.87. The van der Waals surface area contributed by atoms with Gasteiger partial charge in [-0.2, -0.15) is 5.10 Å². The smallest absolute Gasteiger partial charge is 0.332 e. The second-order valence-electron chi connectivity index (χ2n) is 10.2. The fraction of sp³-hybridized carbons (Fsp3) is 0.640. The molecule has 0 unspecified atom stereocenters. The van der Waals surface area contributed by atoms with Gasteiger partial charge in [0.05, 0.1) is 6.54 Å².